The highest BCUT2D eigenvalue weighted by Gasteiger charge is 2.11. The summed E-state index contributed by atoms with van der Waals surface area (Å²) in [6.45, 7) is 2.12. The highest BCUT2D eigenvalue weighted by molar-refractivity contribution is 6.30. The van der Waals surface area contributed by atoms with Crippen LogP contribution in [-0.2, 0) is 6.61 Å². The fourth-order valence-corrected chi connectivity index (χ4v) is 2.02. The van der Waals surface area contributed by atoms with Crippen LogP contribution in [0.2, 0.25) is 5.02 Å². The van der Waals surface area contributed by atoms with Crippen molar-refractivity contribution in [3.05, 3.63) is 64.4 Å². The number of para-hydroxylation sites is 1. The van der Waals surface area contributed by atoms with Crippen LogP contribution in [0.5, 0.6) is 5.75 Å². The Balaban J connectivity index is 2.12. The summed E-state index contributed by atoms with van der Waals surface area (Å²) < 4.78 is 19.0. The molecule has 2 aromatic rings. The van der Waals surface area contributed by atoms with Crippen LogP contribution >= 0.6 is 11.6 Å². The van der Waals surface area contributed by atoms with Crippen LogP contribution in [-0.4, -0.2) is 5.11 Å². The molecule has 0 saturated heterocycles. The first-order valence-electron chi connectivity index (χ1n) is 6.45. The Bertz CT molecular complexity index is 586. The van der Waals surface area contributed by atoms with Gasteiger partial charge in [0.15, 0.2) is 0 Å². The molecular weight excluding hydrogens is 279 g/mol. The summed E-state index contributed by atoms with van der Waals surface area (Å²) in [5, 5.41) is 10.0. The van der Waals surface area contributed by atoms with Gasteiger partial charge < -0.3 is 9.84 Å². The SMILES string of the molecule is CCC(O)c1ccccc1OCc1ccc(Cl)c(F)c1. The minimum Gasteiger partial charge on any atom is -0.489 e. The topological polar surface area (TPSA) is 29.5 Å². The van der Waals surface area contributed by atoms with Gasteiger partial charge in [-0.1, -0.05) is 42.8 Å². The third-order valence-electron chi connectivity index (χ3n) is 3.04. The van der Waals surface area contributed by atoms with Crippen LogP contribution < -0.4 is 4.74 Å². The van der Waals surface area contributed by atoms with Gasteiger partial charge in [-0.05, 0) is 30.2 Å². The van der Waals surface area contributed by atoms with Crippen LogP contribution in [0.1, 0.15) is 30.6 Å². The van der Waals surface area contributed by atoms with Gasteiger partial charge in [0.25, 0.3) is 0 Å². The lowest BCUT2D eigenvalue weighted by molar-refractivity contribution is 0.166. The van der Waals surface area contributed by atoms with E-state index in [0.717, 1.165) is 5.56 Å². The van der Waals surface area contributed by atoms with Gasteiger partial charge in [-0.15, -0.1) is 0 Å². The lowest BCUT2D eigenvalue weighted by atomic mass is 10.1. The molecule has 0 fully saturated rings. The van der Waals surface area contributed by atoms with Gasteiger partial charge in [-0.3, -0.25) is 0 Å². The Morgan fingerprint density at radius 2 is 2.00 bits per heavy atom. The molecule has 0 bridgehead atoms. The summed E-state index contributed by atoms with van der Waals surface area (Å²) in [6, 6.07) is 11.9. The van der Waals surface area contributed by atoms with Crippen LogP contribution in [0, 0.1) is 5.82 Å². The largest absolute Gasteiger partial charge is 0.489 e. The van der Waals surface area contributed by atoms with E-state index >= 15 is 0 Å². The molecule has 1 unspecified atom stereocenters. The number of hydrogen-bond donors (Lipinski definition) is 1. The minimum absolute atomic E-state index is 0.0931. The van der Waals surface area contributed by atoms with Gasteiger partial charge >= 0.3 is 0 Å². The van der Waals surface area contributed by atoms with Crippen molar-refractivity contribution in [1.29, 1.82) is 0 Å². The second-order valence-corrected chi connectivity index (χ2v) is 4.91. The van der Waals surface area contributed by atoms with E-state index < -0.39 is 11.9 Å². The molecule has 2 aromatic carbocycles. The number of halogens is 2. The molecule has 1 atom stereocenters. The van der Waals surface area contributed by atoms with E-state index in [1.54, 1.807) is 12.1 Å². The second kappa shape index (κ2) is 6.73. The maximum Gasteiger partial charge on any atom is 0.142 e. The summed E-state index contributed by atoms with van der Waals surface area (Å²) in [5.74, 6) is 0.145. The Hall–Kier alpha value is -1.58. The Labute approximate surface area is 122 Å². The smallest absolute Gasteiger partial charge is 0.142 e. The van der Waals surface area contributed by atoms with E-state index in [1.165, 1.54) is 12.1 Å². The first kappa shape index (κ1) is 14.8. The number of benzene rings is 2. The predicted molar refractivity (Wildman–Crippen MR) is 77.4 cm³/mol. The maximum absolute atomic E-state index is 13.3. The van der Waals surface area contributed by atoms with E-state index in [9.17, 15) is 9.50 Å². The molecule has 1 N–H and O–H groups in total. The van der Waals surface area contributed by atoms with E-state index in [4.69, 9.17) is 16.3 Å². The number of aliphatic hydroxyl groups excluding tert-OH is 1. The van der Waals surface area contributed by atoms with Gasteiger partial charge in [0.2, 0.25) is 0 Å². The van der Waals surface area contributed by atoms with E-state index in [2.05, 4.69) is 0 Å². The first-order valence-corrected chi connectivity index (χ1v) is 6.83. The lowest BCUT2D eigenvalue weighted by Crippen LogP contribution is -2.02. The quantitative estimate of drug-likeness (QED) is 0.879. The molecule has 0 amide bonds. The molecule has 0 aliphatic heterocycles. The summed E-state index contributed by atoms with van der Waals surface area (Å²) in [4.78, 5) is 0. The molecule has 4 heteroatoms. The monoisotopic (exact) mass is 294 g/mol. The minimum atomic E-state index is -0.562. The average Bonchev–Trinajstić information content (AvgIpc) is 2.48. The first-order chi connectivity index (χ1) is 9.61. The Kier molecular flexibility index (Phi) is 4.99. The van der Waals surface area contributed by atoms with Crippen molar-refractivity contribution >= 4 is 11.6 Å². The number of rotatable bonds is 5. The van der Waals surface area contributed by atoms with Crippen molar-refractivity contribution < 1.29 is 14.2 Å². The fourth-order valence-electron chi connectivity index (χ4n) is 1.90. The van der Waals surface area contributed by atoms with Crippen molar-refractivity contribution in [3.63, 3.8) is 0 Å². The standard InChI is InChI=1S/C16H16ClFO2/c1-2-15(19)12-5-3-4-6-16(12)20-10-11-7-8-13(17)14(18)9-11/h3-9,15,19H,2,10H2,1H3. The fraction of sp³-hybridized carbons (Fsp3) is 0.250. The molecule has 0 heterocycles. The molecule has 106 valence electrons. The van der Waals surface area contributed by atoms with Gasteiger partial charge in [0.1, 0.15) is 18.2 Å². The van der Waals surface area contributed by atoms with E-state index in [-0.39, 0.29) is 11.6 Å². The molecular formula is C16H16ClFO2. The molecule has 0 aromatic heterocycles. The highest BCUT2D eigenvalue weighted by atomic mass is 35.5. The van der Waals surface area contributed by atoms with Crippen molar-refractivity contribution in [2.24, 2.45) is 0 Å². The van der Waals surface area contributed by atoms with Crippen molar-refractivity contribution in [1.82, 2.24) is 0 Å². The maximum atomic E-state index is 13.3. The number of ether oxygens (including phenoxy) is 1. The third kappa shape index (κ3) is 3.50. The summed E-state index contributed by atoms with van der Waals surface area (Å²) >= 11 is 5.63. The Morgan fingerprint density at radius 3 is 2.70 bits per heavy atom. The molecule has 20 heavy (non-hydrogen) atoms. The van der Waals surface area contributed by atoms with Crippen LogP contribution in [0.15, 0.2) is 42.5 Å². The lowest BCUT2D eigenvalue weighted by Gasteiger charge is -2.15. The molecule has 0 radical (unpaired) electrons. The molecule has 2 rings (SSSR count). The van der Waals surface area contributed by atoms with E-state index in [1.807, 2.05) is 25.1 Å². The van der Waals surface area contributed by atoms with Crippen molar-refractivity contribution in [3.8, 4) is 5.75 Å². The normalized spacial score (nSPS) is 12.2. The van der Waals surface area contributed by atoms with Crippen LogP contribution in [0.25, 0.3) is 0 Å². The Morgan fingerprint density at radius 1 is 1.25 bits per heavy atom. The molecule has 0 saturated carbocycles. The van der Waals surface area contributed by atoms with Gasteiger partial charge in [0, 0.05) is 5.56 Å². The van der Waals surface area contributed by atoms with Gasteiger partial charge in [-0.2, -0.15) is 0 Å². The molecule has 0 aliphatic carbocycles. The number of aliphatic hydroxyl groups is 1. The van der Waals surface area contributed by atoms with Gasteiger partial charge in [-0.25, -0.2) is 4.39 Å². The van der Waals surface area contributed by atoms with Crippen molar-refractivity contribution in [2.45, 2.75) is 26.1 Å². The highest BCUT2D eigenvalue weighted by Crippen LogP contribution is 2.27. The zero-order chi connectivity index (χ0) is 14.5. The van der Waals surface area contributed by atoms with Crippen molar-refractivity contribution in [2.75, 3.05) is 0 Å². The number of hydrogen-bond acceptors (Lipinski definition) is 2. The van der Waals surface area contributed by atoms with Gasteiger partial charge in [0.05, 0.1) is 11.1 Å². The van der Waals surface area contributed by atoms with Crippen LogP contribution in [0.4, 0.5) is 4.39 Å². The molecule has 0 spiro atoms. The van der Waals surface area contributed by atoms with Crippen LogP contribution in [0.3, 0.4) is 0 Å². The van der Waals surface area contributed by atoms with E-state index in [0.29, 0.717) is 17.7 Å². The second-order valence-electron chi connectivity index (χ2n) is 4.50. The zero-order valence-corrected chi connectivity index (χ0v) is 11.9. The molecule has 2 nitrogen and oxygen atoms in total. The summed E-state index contributed by atoms with van der Waals surface area (Å²) in [7, 11) is 0. The summed E-state index contributed by atoms with van der Waals surface area (Å²) in [6.07, 6.45) is 0.0452. The zero-order valence-electron chi connectivity index (χ0n) is 11.1. The predicted octanol–water partition coefficient (Wildman–Crippen LogP) is 4.50. The molecule has 0 aliphatic rings. The average molecular weight is 295 g/mol. The summed E-state index contributed by atoms with van der Waals surface area (Å²) in [5.41, 5.74) is 1.43. The third-order valence-corrected chi connectivity index (χ3v) is 3.35.